The fourth-order valence-corrected chi connectivity index (χ4v) is 4.66. The Morgan fingerprint density at radius 3 is 2.78 bits per heavy atom. The smallest absolute Gasteiger partial charge is 0.274 e. The number of hydrogen-bond acceptors (Lipinski definition) is 6. The van der Waals surface area contributed by atoms with Crippen LogP contribution < -0.4 is 15.6 Å². The predicted octanol–water partition coefficient (Wildman–Crippen LogP) is 3.51. The van der Waals surface area contributed by atoms with Crippen LogP contribution in [0.15, 0.2) is 57.9 Å². The molecule has 7 nitrogen and oxygen atoms in total. The number of anilines is 1. The van der Waals surface area contributed by atoms with Crippen molar-refractivity contribution in [3.05, 3.63) is 69.1 Å². The molecular weight excluding hydrogens is 472 g/mol. The van der Waals surface area contributed by atoms with Gasteiger partial charge in [-0.15, -0.1) is 0 Å². The highest BCUT2D eigenvalue weighted by Crippen LogP contribution is 2.30. The molecule has 2 aromatic heterocycles. The first kappa shape index (κ1) is 22.8. The Bertz CT molecular complexity index is 1100. The third-order valence-electron chi connectivity index (χ3n) is 5.83. The Morgan fingerprint density at radius 1 is 1.19 bits per heavy atom. The van der Waals surface area contributed by atoms with E-state index in [0.29, 0.717) is 28.5 Å². The number of likely N-dealkylation sites (N-methyl/N-ethyl adjacent to an activating group) is 1. The van der Waals surface area contributed by atoms with Gasteiger partial charge in [0.15, 0.2) is 0 Å². The van der Waals surface area contributed by atoms with Gasteiger partial charge in [-0.05, 0) is 78.0 Å². The van der Waals surface area contributed by atoms with Gasteiger partial charge < -0.3 is 20.1 Å². The summed E-state index contributed by atoms with van der Waals surface area (Å²) in [6.07, 6.45) is 4.28. The van der Waals surface area contributed by atoms with Crippen molar-refractivity contribution in [2.75, 3.05) is 38.7 Å². The van der Waals surface area contributed by atoms with Crippen molar-refractivity contribution in [3.63, 3.8) is 0 Å². The number of benzene rings is 1. The summed E-state index contributed by atoms with van der Waals surface area (Å²) in [5.41, 5.74) is 1.78. The number of likely N-dealkylation sites (tertiary alicyclic amines) is 1. The van der Waals surface area contributed by atoms with Gasteiger partial charge in [0.25, 0.3) is 5.56 Å². The molecule has 1 aliphatic heterocycles. The van der Waals surface area contributed by atoms with Crippen molar-refractivity contribution in [1.82, 2.24) is 14.3 Å². The van der Waals surface area contributed by atoms with Crippen molar-refractivity contribution in [3.8, 4) is 5.75 Å². The second kappa shape index (κ2) is 10.5. The number of halogens is 1. The molecule has 3 heterocycles. The minimum atomic E-state index is -0.117. The van der Waals surface area contributed by atoms with Crippen LogP contribution in [0.1, 0.15) is 30.7 Å². The second-order valence-electron chi connectivity index (χ2n) is 8.35. The normalized spacial score (nSPS) is 19.2. The summed E-state index contributed by atoms with van der Waals surface area (Å²) >= 11 is 3.44. The lowest BCUT2D eigenvalue weighted by Gasteiger charge is -2.36. The number of hydrogen-bond donors (Lipinski definition) is 2. The van der Waals surface area contributed by atoms with Gasteiger partial charge in [0.1, 0.15) is 21.7 Å². The topological polar surface area (TPSA) is 79.1 Å². The lowest BCUT2D eigenvalue weighted by Crippen LogP contribution is -2.43. The predicted molar refractivity (Wildman–Crippen MR) is 130 cm³/mol. The summed E-state index contributed by atoms with van der Waals surface area (Å²) in [7, 11) is 2.12. The number of pyridine rings is 1. The van der Waals surface area contributed by atoms with Crippen molar-refractivity contribution in [2.24, 2.45) is 0 Å². The quantitative estimate of drug-likeness (QED) is 0.460. The van der Waals surface area contributed by atoms with E-state index in [1.807, 2.05) is 30.3 Å². The van der Waals surface area contributed by atoms with Gasteiger partial charge in [-0.1, -0.05) is 18.2 Å². The van der Waals surface area contributed by atoms with Gasteiger partial charge in [0, 0.05) is 31.9 Å². The Hall–Kier alpha value is -2.42. The summed E-state index contributed by atoms with van der Waals surface area (Å²) in [6, 6.07) is 14.0. The van der Waals surface area contributed by atoms with Crippen molar-refractivity contribution in [1.29, 1.82) is 0 Å². The number of aliphatic hydroxyl groups excluding tert-OH is 1. The molecule has 170 valence electrons. The molecule has 0 amide bonds. The van der Waals surface area contributed by atoms with Gasteiger partial charge in [0.05, 0.1) is 6.61 Å². The third-order valence-corrected chi connectivity index (χ3v) is 6.54. The van der Waals surface area contributed by atoms with Crippen molar-refractivity contribution < 1.29 is 9.84 Å². The number of aliphatic hydroxyl groups is 1. The molecule has 4 rings (SSSR count). The van der Waals surface area contributed by atoms with Gasteiger partial charge in [-0.25, -0.2) is 4.98 Å². The van der Waals surface area contributed by atoms with E-state index in [1.165, 1.54) is 5.56 Å². The average Bonchev–Trinajstić information content (AvgIpc) is 2.80. The second-order valence-corrected chi connectivity index (χ2v) is 9.14. The number of nitrogens with one attached hydrogen (secondary N) is 1. The molecule has 2 N–H and O–H groups in total. The molecule has 0 bridgehead atoms. The van der Waals surface area contributed by atoms with Crippen molar-refractivity contribution >= 4 is 27.4 Å². The summed E-state index contributed by atoms with van der Waals surface area (Å²) in [5, 5.41) is 12.4. The van der Waals surface area contributed by atoms with Crippen LogP contribution in [0.5, 0.6) is 5.75 Å². The highest BCUT2D eigenvalue weighted by Gasteiger charge is 2.27. The lowest BCUT2D eigenvalue weighted by atomic mass is 9.88. The molecule has 0 saturated carbocycles. The first-order chi connectivity index (χ1) is 15.5. The van der Waals surface area contributed by atoms with E-state index in [4.69, 9.17) is 9.84 Å². The Balaban J connectivity index is 1.45. The SMILES string of the molecule is CN1CC(Nc2nc3ccccn3c(=O)c2Br)CC(c2ccc(OCCCCO)cc2)C1. The number of aromatic nitrogens is 2. The summed E-state index contributed by atoms with van der Waals surface area (Å²) in [6.45, 7) is 2.67. The zero-order valence-electron chi connectivity index (χ0n) is 18.2. The van der Waals surface area contributed by atoms with Gasteiger partial charge >= 0.3 is 0 Å². The van der Waals surface area contributed by atoms with Crippen LogP contribution in [-0.2, 0) is 0 Å². The van der Waals surface area contributed by atoms with Crippen LogP contribution in [0, 0.1) is 0 Å². The monoisotopic (exact) mass is 500 g/mol. The minimum absolute atomic E-state index is 0.117. The van der Waals surface area contributed by atoms with Crippen LogP contribution in [-0.4, -0.2) is 58.8 Å². The molecule has 1 aromatic carbocycles. The standard InChI is InChI=1S/C24H29BrN4O3/c1-28-15-18(17-7-9-20(10-8-17)32-13-5-4-12-30)14-19(16-28)26-23-22(25)24(31)29-11-3-2-6-21(29)27-23/h2-3,6-11,18-19,26,30H,4-5,12-16H2,1H3. The van der Waals surface area contributed by atoms with E-state index >= 15 is 0 Å². The maximum atomic E-state index is 12.7. The van der Waals surface area contributed by atoms with Gasteiger partial charge in [0.2, 0.25) is 0 Å². The Morgan fingerprint density at radius 2 is 2.00 bits per heavy atom. The minimum Gasteiger partial charge on any atom is -0.494 e. The first-order valence-electron chi connectivity index (χ1n) is 11.0. The van der Waals surface area contributed by atoms with E-state index in [9.17, 15) is 4.79 Å². The van der Waals surface area contributed by atoms with Crippen LogP contribution in [0.25, 0.3) is 5.65 Å². The molecule has 1 aliphatic rings. The van der Waals surface area contributed by atoms with E-state index in [1.54, 1.807) is 10.6 Å². The fourth-order valence-electron chi connectivity index (χ4n) is 4.26. The summed E-state index contributed by atoms with van der Waals surface area (Å²) in [5.74, 6) is 1.82. The molecule has 2 atom stereocenters. The number of nitrogens with zero attached hydrogens (tertiary/aromatic N) is 3. The van der Waals surface area contributed by atoms with E-state index < -0.39 is 0 Å². The zero-order valence-corrected chi connectivity index (χ0v) is 19.8. The van der Waals surface area contributed by atoms with Crippen LogP contribution in [0.4, 0.5) is 5.82 Å². The molecule has 1 fully saturated rings. The molecule has 1 saturated heterocycles. The lowest BCUT2D eigenvalue weighted by molar-refractivity contribution is 0.235. The Labute approximate surface area is 196 Å². The van der Waals surface area contributed by atoms with Gasteiger partial charge in [-0.2, -0.15) is 0 Å². The van der Waals surface area contributed by atoms with E-state index in [2.05, 4.69) is 50.3 Å². The Kier molecular flexibility index (Phi) is 7.44. The number of unbranched alkanes of at least 4 members (excludes halogenated alkanes) is 1. The number of ether oxygens (including phenoxy) is 1. The third kappa shape index (κ3) is 5.31. The molecule has 0 aliphatic carbocycles. The van der Waals surface area contributed by atoms with Crippen LogP contribution in [0.2, 0.25) is 0 Å². The van der Waals surface area contributed by atoms with Gasteiger partial charge in [-0.3, -0.25) is 9.20 Å². The largest absolute Gasteiger partial charge is 0.494 e. The van der Waals surface area contributed by atoms with Crippen LogP contribution >= 0.6 is 15.9 Å². The maximum Gasteiger partial charge on any atom is 0.274 e. The average molecular weight is 501 g/mol. The maximum absolute atomic E-state index is 12.7. The molecule has 32 heavy (non-hydrogen) atoms. The molecular formula is C24H29BrN4O3. The summed E-state index contributed by atoms with van der Waals surface area (Å²) in [4.78, 5) is 19.7. The number of piperidine rings is 1. The molecule has 0 spiro atoms. The fraction of sp³-hybridized carbons (Fsp3) is 0.417. The molecule has 2 unspecified atom stereocenters. The number of fused-ring (bicyclic) bond motifs is 1. The first-order valence-corrected chi connectivity index (χ1v) is 11.8. The highest BCUT2D eigenvalue weighted by atomic mass is 79.9. The van der Waals surface area contributed by atoms with E-state index in [-0.39, 0.29) is 18.2 Å². The summed E-state index contributed by atoms with van der Waals surface area (Å²) < 4.78 is 7.74. The van der Waals surface area contributed by atoms with Crippen molar-refractivity contribution in [2.45, 2.75) is 31.2 Å². The zero-order chi connectivity index (χ0) is 22.5. The molecule has 3 aromatic rings. The highest BCUT2D eigenvalue weighted by molar-refractivity contribution is 9.10. The van der Waals surface area contributed by atoms with Crippen LogP contribution in [0.3, 0.4) is 0 Å². The molecule has 8 heteroatoms. The molecule has 0 radical (unpaired) electrons. The van der Waals surface area contributed by atoms with E-state index in [0.717, 1.165) is 38.1 Å². The number of rotatable bonds is 8.